The molecule has 1 fully saturated rings. The first kappa shape index (κ1) is 61.5. The highest BCUT2D eigenvalue weighted by molar-refractivity contribution is 7.98. The van der Waals surface area contributed by atoms with E-state index in [0.717, 1.165) is 0 Å². The van der Waals surface area contributed by atoms with Crippen LogP contribution in [-0.2, 0) is 34.5 Å². The number of anilines is 4. The third kappa shape index (κ3) is 16.0. The summed E-state index contributed by atoms with van der Waals surface area (Å²) < 4.78 is 5.94. The number of hydrogen-bond donors (Lipinski definition) is 12. The number of aromatic hydroxyl groups is 1. The van der Waals surface area contributed by atoms with Gasteiger partial charge in [-0.15, -0.1) is 0 Å². The first-order chi connectivity index (χ1) is 40.6. The highest BCUT2D eigenvalue weighted by Crippen LogP contribution is 2.43. The second kappa shape index (κ2) is 27.7. The van der Waals surface area contributed by atoms with Crippen molar-refractivity contribution in [3.05, 3.63) is 105 Å². The lowest BCUT2D eigenvalue weighted by molar-refractivity contribution is -0.132. The van der Waals surface area contributed by atoms with Crippen LogP contribution < -0.4 is 64.7 Å². The maximum atomic E-state index is 14.1. The molecule has 0 saturated carbocycles. The van der Waals surface area contributed by atoms with Gasteiger partial charge in [0, 0.05) is 82.6 Å². The Balaban J connectivity index is 0.916. The molecule has 0 radical (unpaired) electrons. The minimum atomic E-state index is -1.26. The quantitative estimate of drug-likeness (QED) is 0.0287. The number of nitrogens with two attached hydrogens (primary N) is 3. The number of primary amides is 1. The minimum absolute atomic E-state index is 0.000274. The van der Waals surface area contributed by atoms with Crippen LogP contribution in [0.15, 0.2) is 87.0 Å². The van der Waals surface area contributed by atoms with Gasteiger partial charge in [0.1, 0.15) is 35.2 Å². The number of nitrogens with zero attached hydrogens (tertiary/aromatic N) is 5. The van der Waals surface area contributed by atoms with Crippen molar-refractivity contribution in [1.29, 1.82) is 0 Å². The van der Waals surface area contributed by atoms with Gasteiger partial charge >= 0.3 is 5.97 Å². The van der Waals surface area contributed by atoms with Crippen molar-refractivity contribution in [3.63, 3.8) is 0 Å². The van der Waals surface area contributed by atoms with Gasteiger partial charge in [-0.1, -0.05) is 26.3 Å². The lowest BCUT2D eigenvalue weighted by Crippen LogP contribution is -2.56. The normalized spacial score (nSPS) is 17.7. The van der Waals surface area contributed by atoms with Gasteiger partial charge in [0.15, 0.2) is 11.4 Å². The van der Waals surface area contributed by atoms with Crippen LogP contribution in [0.2, 0.25) is 5.28 Å². The highest BCUT2D eigenvalue weighted by atomic mass is 35.5. The SMILES string of the molecule is CC[C@H](C)[C@@H]1NC(=O)c2cc(cc(NC(=O)CNC(=O)C3CCN(c4nc(Cl)nc(Nc5ccc(-c6c7ccc(=O)cc-7oc7cc(O)ccc67)c(C(=O)O)c5)n4)CC3)c2)CSC[C@@H](C(N)=O)NC(=O)CNC(=O)[C@H](CCCN=C(N)N)NC1=O. The Morgan fingerprint density at radius 1 is 0.894 bits per heavy atom. The summed E-state index contributed by atoms with van der Waals surface area (Å²) in [6.45, 7) is 3.32. The number of phenols is 1. The number of aliphatic imine (C=N–C) groups is 1. The second-order valence-corrected chi connectivity index (χ2v) is 21.7. The number of carbonyl (C=O) groups excluding carboxylic acids is 7. The van der Waals surface area contributed by atoms with Crippen molar-refractivity contribution in [2.45, 2.75) is 69.8 Å². The molecule has 1 aromatic heterocycles. The average Bonchev–Trinajstić information content (AvgIpc) is 1.14. The van der Waals surface area contributed by atoms with Gasteiger partial charge in [0.05, 0.1) is 18.7 Å². The number of rotatable bonds is 16. The first-order valence-corrected chi connectivity index (χ1v) is 28.5. The maximum Gasteiger partial charge on any atom is 0.336 e. The van der Waals surface area contributed by atoms with Crippen LogP contribution in [-0.4, -0.2) is 135 Å². The lowest BCUT2D eigenvalue weighted by atomic mass is 9.90. The molecular formula is C56H62ClN15O12S. The number of guanidine groups is 1. The number of carboxylic acids is 1. The zero-order valence-electron chi connectivity index (χ0n) is 46.0. The third-order valence-electron chi connectivity index (χ3n) is 14.2. The Morgan fingerprint density at radius 2 is 1.66 bits per heavy atom. The molecule has 1 saturated heterocycles. The fourth-order valence-corrected chi connectivity index (χ4v) is 10.8. The van der Waals surface area contributed by atoms with Crippen molar-refractivity contribution in [1.82, 2.24) is 41.5 Å². The monoisotopic (exact) mass is 1200 g/mol. The summed E-state index contributed by atoms with van der Waals surface area (Å²) in [6, 6.07) is 14.3. The van der Waals surface area contributed by atoms with Gasteiger partial charge in [-0.25, -0.2) is 4.79 Å². The molecule has 7 amide bonds. The zero-order chi connectivity index (χ0) is 61.1. The molecule has 3 aliphatic heterocycles. The molecular weight excluding hydrogens is 1140 g/mol. The number of carbonyl (C=O) groups is 8. The Kier molecular flexibility index (Phi) is 20.0. The summed E-state index contributed by atoms with van der Waals surface area (Å²) in [7, 11) is 0. The van der Waals surface area contributed by atoms with E-state index in [1.165, 1.54) is 48.2 Å². The molecule has 27 nitrogen and oxygen atoms in total. The molecule has 85 heavy (non-hydrogen) atoms. The summed E-state index contributed by atoms with van der Waals surface area (Å²) >= 11 is 7.58. The van der Waals surface area contributed by atoms with E-state index < -0.39 is 90.4 Å². The van der Waals surface area contributed by atoms with Crippen molar-refractivity contribution in [3.8, 4) is 28.2 Å². The molecule has 15 N–H and O–H groups in total. The summed E-state index contributed by atoms with van der Waals surface area (Å²) in [5.74, 6) is -6.59. The number of hydrogen-bond acceptors (Lipinski definition) is 18. The number of carboxylic acid groups (broad SMARTS) is 1. The van der Waals surface area contributed by atoms with Crippen LogP contribution in [0.3, 0.4) is 0 Å². The number of aromatic nitrogens is 3. The Labute approximate surface area is 494 Å². The Morgan fingerprint density at radius 3 is 2.39 bits per heavy atom. The maximum absolute atomic E-state index is 14.1. The predicted molar refractivity (Wildman–Crippen MR) is 317 cm³/mol. The molecule has 0 spiro atoms. The van der Waals surface area contributed by atoms with Gasteiger partial charge in [-0.05, 0) is 109 Å². The Bertz CT molecular complexity index is 3630. The number of amides is 7. The second-order valence-electron chi connectivity index (χ2n) is 20.3. The predicted octanol–water partition coefficient (Wildman–Crippen LogP) is 2.54. The van der Waals surface area contributed by atoms with Gasteiger partial charge in [0.25, 0.3) is 5.91 Å². The molecule has 4 heterocycles. The smallest absolute Gasteiger partial charge is 0.336 e. The number of piperidine rings is 1. The highest BCUT2D eigenvalue weighted by Gasteiger charge is 2.32. The van der Waals surface area contributed by atoms with Crippen LogP contribution >= 0.6 is 23.4 Å². The van der Waals surface area contributed by atoms with E-state index in [-0.39, 0.29) is 99.1 Å². The number of phenolic OH excluding ortho intramolecular Hbond substituents is 1. The molecule has 4 aliphatic rings. The summed E-state index contributed by atoms with van der Waals surface area (Å²) in [5, 5.41) is 39.9. The first-order valence-electron chi connectivity index (χ1n) is 27.0. The van der Waals surface area contributed by atoms with E-state index >= 15 is 0 Å². The van der Waals surface area contributed by atoms with E-state index in [9.17, 15) is 53.4 Å². The summed E-state index contributed by atoms with van der Waals surface area (Å²) in [6.07, 6.45) is 1.41. The molecule has 4 atom stereocenters. The van der Waals surface area contributed by atoms with Gasteiger partial charge < -0.3 is 73.9 Å². The Hall–Kier alpha value is -9.57. The van der Waals surface area contributed by atoms with E-state index in [4.69, 9.17) is 33.2 Å². The van der Waals surface area contributed by atoms with Crippen LogP contribution in [0, 0.1) is 11.8 Å². The number of thioether (sulfide) groups is 1. The fourth-order valence-electron chi connectivity index (χ4n) is 9.66. The van der Waals surface area contributed by atoms with E-state index in [1.807, 2.05) is 6.92 Å². The molecule has 8 rings (SSSR count). The molecule has 2 bridgehead atoms. The molecule has 29 heteroatoms. The van der Waals surface area contributed by atoms with Crippen LogP contribution in [0.5, 0.6) is 5.75 Å². The third-order valence-corrected chi connectivity index (χ3v) is 15.5. The van der Waals surface area contributed by atoms with E-state index in [2.05, 4.69) is 57.2 Å². The molecule has 3 aromatic carbocycles. The van der Waals surface area contributed by atoms with Crippen molar-refractivity contribution in [2.75, 3.05) is 54.0 Å². The molecule has 446 valence electrons. The molecule has 1 aliphatic carbocycles. The number of fused-ring (bicyclic) bond motifs is 4. The number of halogens is 1. The van der Waals surface area contributed by atoms with Crippen molar-refractivity contribution < 1.29 is 53.0 Å². The zero-order valence-corrected chi connectivity index (χ0v) is 47.6. The van der Waals surface area contributed by atoms with Gasteiger partial charge in [0.2, 0.25) is 52.6 Å². The molecule has 0 unspecified atom stereocenters. The number of aromatic carboxylic acids is 1. The lowest BCUT2D eigenvalue weighted by Gasteiger charge is -2.31. The summed E-state index contributed by atoms with van der Waals surface area (Å²) in [5.41, 5.74) is 18.6. The number of nitrogens with one attached hydrogen (secondary N) is 7. The average molecular weight is 1200 g/mol. The fraction of sp³-hybridized carbons (Fsp3) is 0.339. The van der Waals surface area contributed by atoms with E-state index in [0.29, 0.717) is 60.0 Å². The van der Waals surface area contributed by atoms with Crippen LogP contribution in [0.25, 0.3) is 33.4 Å². The van der Waals surface area contributed by atoms with E-state index in [1.54, 1.807) is 48.2 Å². The van der Waals surface area contributed by atoms with Crippen molar-refractivity contribution >= 4 is 111 Å². The van der Waals surface area contributed by atoms with Gasteiger partial charge in [-0.3, -0.25) is 43.3 Å². The molecule has 4 aromatic rings. The number of benzene rings is 4. The van der Waals surface area contributed by atoms with Gasteiger partial charge in [-0.2, -0.15) is 26.7 Å². The van der Waals surface area contributed by atoms with Crippen LogP contribution in [0.1, 0.15) is 72.2 Å². The van der Waals surface area contributed by atoms with Crippen LogP contribution in [0.4, 0.5) is 23.3 Å². The minimum Gasteiger partial charge on any atom is -0.508 e. The summed E-state index contributed by atoms with van der Waals surface area (Å²) in [4.78, 5) is 138. The standard InChI is InChI=1S/C56H62ClN15O12S/c1-3-27(2)46-51(81)67-39(5-4-14-61-54(59)60)50(80)63-24-44(76)66-40(47(58)77)26-85-25-28-17-30(49(79)68-46)19-32(18-28)64-43(75)23-62-48(78)29-12-15-72(16-13-29)56-70-53(57)69-55(71-56)65-31-6-9-35(38(20-31)52(82)83)45-36-10-7-33(73)21-41(36)84-42-22-34(74)8-11-37(42)45/h6-11,17-22,27,29,39-40,46,73H,3-5,12-16,23-26H2,1-2H3,(H2,58,77)(H,62,78)(H,63,80)(H,64,75)(H,66,76)(H,67,81)(H,68,79)(H,82,83)(H4,59,60,61)(H,65,69,70,71)/t27-,39-,40-,46-/m0/s1. The topological polar surface area (TPSA) is 424 Å². The van der Waals surface area contributed by atoms with Crippen molar-refractivity contribution in [2.24, 2.45) is 34.0 Å². The largest absolute Gasteiger partial charge is 0.508 e.